The normalized spacial score (nSPS) is 12.8. The zero-order chi connectivity index (χ0) is 9.23. The lowest BCUT2D eigenvalue weighted by Gasteiger charge is -1.94. The van der Waals surface area contributed by atoms with Crippen molar-refractivity contribution in [2.24, 2.45) is 0 Å². The lowest BCUT2D eigenvalue weighted by atomic mass is 10.1. The minimum atomic E-state index is 1.24. The van der Waals surface area contributed by atoms with E-state index in [-0.39, 0.29) is 0 Å². The summed E-state index contributed by atoms with van der Waals surface area (Å²) in [6.45, 7) is 6.47. The summed E-state index contributed by atoms with van der Waals surface area (Å²) in [5.41, 5.74) is 1.37. The average molecular weight is 166 g/mol. The van der Waals surface area contributed by atoms with Crippen molar-refractivity contribution in [3.05, 3.63) is 23.8 Å². The Balaban J connectivity index is 3.25. The summed E-state index contributed by atoms with van der Waals surface area (Å²) in [6.07, 6.45) is 13.3. The Hall–Kier alpha value is -0.520. The molecule has 12 heavy (non-hydrogen) atoms. The van der Waals surface area contributed by atoms with E-state index in [2.05, 4.69) is 39.0 Å². The van der Waals surface area contributed by atoms with E-state index in [1.165, 1.54) is 37.7 Å². The van der Waals surface area contributed by atoms with Gasteiger partial charge in [0.2, 0.25) is 0 Å². The third kappa shape index (κ3) is 7.59. The van der Waals surface area contributed by atoms with Gasteiger partial charge in [0.25, 0.3) is 0 Å². The molecule has 0 heteroatoms. The maximum atomic E-state index is 2.28. The van der Waals surface area contributed by atoms with Gasteiger partial charge in [-0.1, -0.05) is 50.0 Å². The lowest BCUT2D eigenvalue weighted by Crippen LogP contribution is -1.74. The van der Waals surface area contributed by atoms with Crippen molar-refractivity contribution in [3.8, 4) is 0 Å². The molecule has 0 aromatic heterocycles. The Bertz CT molecular complexity index is 140. The number of rotatable bonds is 6. The van der Waals surface area contributed by atoms with Crippen molar-refractivity contribution >= 4 is 0 Å². The van der Waals surface area contributed by atoms with Crippen LogP contribution in [-0.4, -0.2) is 0 Å². The molecule has 0 N–H and O–H groups in total. The highest BCUT2D eigenvalue weighted by atomic mass is 13.9. The Morgan fingerprint density at radius 1 is 1.17 bits per heavy atom. The maximum Gasteiger partial charge on any atom is -0.0348 e. The molecule has 0 spiro atoms. The second-order valence-electron chi connectivity index (χ2n) is 3.28. The Morgan fingerprint density at radius 3 is 2.50 bits per heavy atom. The van der Waals surface area contributed by atoms with Gasteiger partial charge in [-0.05, 0) is 26.7 Å². The fourth-order valence-electron chi connectivity index (χ4n) is 1.05. The molecule has 0 atom stereocenters. The summed E-state index contributed by atoms with van der Waals surface area (Å²) >= 11 is 0. The minimum Gasteiger partial charge on any atom is -0.0847 e. The van der Waals surface area contributed by atoms with Crippen LogP contribution in [0.15, 0.2) is 23.8 Å². The maximum absolute atomic E-state index is 2.28. The van der Waals surface area contributed by atoms with Gasteiger partial charge in [-0.2, -0.15) is 0 Å². The molecule has 0 aliphatic rings. The molecule has 0 aliphatic heterocycles. The highest BCUT2D eigenvalue weighted by molar-refractivity contribution is 5.14. The molecule has 70 valence electrons. The monoisotopic (exact) mass is 166 g/mol. The first-order chi connectivity index (χ1) is 5.81. The third-order valence-corrected chi connectivity index (χ3v) is 2.06. The van der Waals surface area contributed by atoms with E-state index < -0.39 is 0 Å². The number of hydrogen-bond acceptors (Lipinski definition) is 0. The van der Waals surface area contributed by atoms with Gasteiger partial charge in [0.15, 0.2) is 0 Å². The molecule has 0 radical (unpaired) electrons. The summed E-state index contributed by atoms with van der Waals surface area (Å²) < 4.78 is 0. The summed E-state index contributed by atoms with van der Waals surface area (Å²) in [4.78, 5) is 0. The van der Waals surface area contributed by atoms with Gasteiger partial charge in [-0.15, -0.1) is 0 Å². The smallest absolute Gasteiger partial charge is 0.0348 e. The van der Waals surface area contributed by atoms with E-state index in [0.29, 0.717) is 0 Å². The molecule has 0 unspecified atom stereocenters. The Labute approximate surface area is 77.4 Å². The summed E-state index contributed by atoms with van der Waals surface area (Å²) in [5.74, 6) is 0. The predicted octanol–water partition coefficient (Wildman–Crippen LogP) is 4.48. The molecular weight excluding hydrogens is 144 g/mol. The average Bonchev–Trinajstić information content (AvgIpc) is 2.10. The van der Waals surface area contributed by atoms with Crippen molar-refractivity contribution in [1.82, 2.24) is 0 Å². The van der Waals surface area contributed by atoms with Gasteiger partial charge in [-0.3, -0.25) is 0 Å². The molecule has 0 saturated carbocycles. The lowest BCUT2D eigenvalue weighted by molar-refractivity contribution is 0.674. The quantitative estimate of drug-likeness (QED) is 0.403. The van der Waals surface area contributed by atoms with Crippen LogP contribution in [0.2, 0.25) is 0 Å². The highest BCUT2D eigenvalue weighted by Gasteiger charge is 1.84. The summed E-state index contributed by atoms with van der Waals surface area (Å²) in [5, 5.41) is 0. The molecule has 0 heterocycles. The first-order valence-electron chi connectivity index (χ1n) is 5.10. The fraction of sp³-hybridized carbons (Fsp3) is 0.667. The van der Waals surface area contributed by atoms with Crippen molar-refractivity contribution in [2.45, 2.75) is 52.9 Å². The van der Waals surface area contributed by atoms with Gasteiger partial charge in [0.1, 0.15) is 0 Å². The SMILES string of the molecule is CC=C(C)C=CCCCCCC. The largest absolute Gasteiger partial charge is 0.0847 e. The van der Waals surface area contributed by atoms with E-state index in [9.17, 15) is 0 Å². The number of hydrogen-bond donors (Lipinski definition) is 0. The zero-order valence-corrected chi connectivity index (χ0v) is 8.77. The van der Waals surface area contributed by atoms with Gasteiger partial charge in [-0.25, -0.2) is 0 Å². The Kier molecular flexibility index (Phi) is 8.20. The van der Waals surface area contributed by atoms with Crippen LogP contribution in [0.25, 0.3) is 0 Å². The molecule has 0 nitrogen and oxygen atoms in total. The van der Waals surface area contributed by atoms with Gasteiger partial charge >= 0.3 is 0 Å². The molecule has 0 saturated heterocycles. The summed E-state index contributed by atoms with van der Waals surface area (Å²) in [7, 11) is 0. The van der Waals surface area contributed by atoms with E-state index in [4.69, 9.17) is 0 Å². The van der Waals surface area contributed by atoms with E-state index in [1.54, 1.807) is 0 Å². The van der Waals surface area contributed by atoms with Gasteiger partial charge in [0.05, 0.1) is 0 Å². The standard InChI is InChI=1S/C12H22/c1-4-6-7-8-9-10-11-12(3)5-2/h5,10-11H,4,6-9H2,1-3H3. The van der Waals surface area contributed by atoms with E-state index in [1.807, 2.05) is 0 Å². The van der Waals surface area contributed by atoms with E-state index >= 15 is 0 Å². The second-order valence-corrected chi connectivity index (χ2v) is 3.28. The first-order valence-corrected chi connectivity index (χ1v) is 5.10. The van der Waals surface area contributed by atoms with Crippen molar-refractivity contribution in [1.29, 1.82) is 0 Å². The van der Waals surface area contributed by atoms with E-state index in [0.717, 1.165) is 0 Å². The van der Waals surface area contributed by atoms with Crippen molar-refractivity contribution in [2.75, 3.05) is 0 Å². The number of allylic oxidation sites excluding steroid dienone is 4. The van der Waals surface area contributed by atoms with Crippen LogP contribution in [-0.2, 0) is 0 Å². The van der Waals surface area contributed by atoms with Crippen molar-refractivity contribution in [3.63, 3.8) is 0 Å². The minimum absolute atomic E-state index is 1.24. The second kappa shape index (κ2) is 8.58. The Morgan fingerprint density at radius 2 is 1.92 bits per heavy atom. The molecule has 0 fully saturated rings. The van der Waals surface area contributed by atoms with Crippen molar-refractivity contribution < 1.29 is 0 Å². The van der Waals surface area contributed by atoms with Crippen LogP contribution in [0, 0.1) is 0 Å². The van der Waals surface area contributed by atoms with Crippen LogP contribution in [0.5, 0.6) is 0 Å². The molecular formula is C12H22. The topological polar surface area (TPSA) is 0 Å². The molecule has 0 bridgehead atoms. The molecule has 0 rings (SSSR count). The molecule has 0 amide bonds. The van der Waals surface area contributed by atoms with Crippen LogP contribution >= 0.6 is 0 Å². The molecule has 0 aliphatic carbocycles. The predicted molar refractivity (Wildman–Crippen MR) is 57.3 cm³/mol. The summed E-state index contributed by atoms with van der Waals surface area (Å²) in [6, 6.07) is 0. The zero-order valence-electron chi connectivity index (χ0n) is 8.77. The third-order valence-electron chi connectivity index (χ3n) is 2.06. The fourth-order valence-corrected chi connectivity index (χ4v) is 1.05. The van der Waals surface area contributed by atoms with Crippen LogP contribution < -0.4 is 0 Å². The highest BCUT2D eigenvalue weighted by Crippen LogP contribution is 2.04. The van der Waals surface area contributed by atoms with Crippen LogP contribution in [0.1, 0.15) is 52.9 Å². The van der Waals surface area contributed by atoms with Crippen LogP contribution in [0.3, 0.4) is 0 Å². The first kappa shape index (κ1) is 11.5. The van der Waals surface area contributed by atoms with Gasteiger partial charge < -0.3 is 0 Å². The number of unbranched alkanes of at least 4 members (excludes halogenated alkanes) is 4. The van der Waals surface area contributed by atoms with Crippen LogP contribution in [0.4, 0.5) is 0 Å². The molecule has 0 aromatic carbocycles. The van der Waals surface area contributed by atoms with Gasteiger partial charge in [0, 0.05) is 0 Å². The molecule has 0 aromatic rings.